The van der Waals surface area contributed by atoms with E-state index in [4.69, 9.17) is 4.74 Å². The number of fused-ring (bicyclic) bond motifs is 3. The second-order valence-corrected chi connectivity index (χ2v) is 7.92. The van der Waals surface area contributed by atoms with Crippen molar-refractivity contribution in [2.75, 3.05) is 32.0 Å². The lowest BCUT2D eigenvalue weighted by atomic mass is 9.84. The molecule has 0 aliphatic carbocycles. The fourth-order valence-electron chi connectivity index (χ4n) is 4.32. The molecule has 0 aromatic heterocycles. The van der Waals surface area contributed by atoms with E-state index >= 15 is 0 Å². The number of esters is 1. The molecule has 2 aromatic carbocycles. The molecule has 5 rings (SSSR count). The van der Waals surface area contributed by atoms with E-state index in [1.165, 1.54) is 13.1 Å². The maximum absolute atomic E-state index is 13.1. The highest BCUT2D eigenvalue weighted by Crippen LogP contribution is 2.35. The van der Waals surface area contributed by atoms with Crippen LogP contribution in [0, 0.1) is 5.92 Å². The molecule has 1 N–H and O–H groups in total. The minimum Gasteiger partial charge on any atom is -0.454 e. The van der Waals surface area contributed by atoms with E-state index in [0.29, 0.717) is 5.92 Å². The number of carbonyl (C=O) groups is 1. The first-order valence-corrected chi connectivity index (χ1v) is 9.54. The van der Waals surface area contributed by atoms with Crippen molar-refractivity contribution < 1.29 is 14.0 Å². The largest absolute Gasteiger partial charge is 0.454 e. The van der Waals surface area contributed by atoms with E-state index in [0.717, 1.165) is 35.1 Å². The van der Waals surface area contributed by atoms with Crippen molar-refractivity contribution >= 4 is 11.7 Å². The van der Waals surface area contributed by atoms with Gasteiger partial charge in [-0.3, -0.25) is 0 Å². The van der Waals surface area contributed by atoms with E-state index in [-0.39, 0.29) is 12.1 Å². The fourth-order valence-corrected chi connectivity index (χ4v) is 4.32. The van der Waals surface area contributed by atoms with Crippen molar-refractivity contribution in [2.24, 2.45) is 5.92 Å². The molecule has 4 heteroatoms. The van der Waals surface area contributed by atoms with Gasteiger partial charge in [-0.05, 0) is 17.7 Å². The van der Waals surface area contributed by atoms with Gasteiger partial charge in [-0.25, -0.2) is 4.79 Å². The van der Waals surface area contributed by atoms with E-state index in [9.17, 15) is 4.79 Å². The summed E-state index contributed by atoms with van der Waals surface area (Å²) in [5, 5.41) is 3.36. The van der Waals surface area contributed by atoms with Crippen molar-refractivity contribution in [3.8, 4) is 0 Å². The summed E-state index contributed by atoms with van der Waals surface area (Å²) >= 11 is 0. The van der Waals surface area contributed by atoms with Crippen LogP contribution in [0.4, 0.5) is 5.69 Å². The van der Waals surface area contributed by atoms with Crippen LogP contribution in [0.3, 0.4) is 0 Å². The Hall–Kier alpha value is -2.33. The maximum atomic E-state index is 13.1. The molecule has 0 spiro atoms. The molecule has 2 aromatic rings. The Kier molecular flexibility index (Phi) is 4.68. The van der Waals surface area contributed by atoms with Gasteiger partial charge in [0.25, 0.3) is 0 Å². The lowest BCUT2D eigenvalue weighted by Gasteiger charge is -2.49. The number of anilines is 1. The first-order valence-electron chi connectivity index (χ1n) is 9.54. The molecule has 26 heavy (non-hydrogen) atoms. The molecule has 0 amide bonds. The predicted molar refractivity (Wildman–Crippen MR) is 103 cm³/mol. The monoisotopic (exact) mass is 351 g/mol. The Morgan fingerprint density at radius 1 is 1.04 bits per heavy atom. The van der Waals surface area contributed by atoms with Gasteiger partial charge in [0.05, 0.1) is 20.1 Å². The quantitative estimate of drug-likeness (QED) is 0.660. The molecule has 3 heterocycles. The number of hydrogen-bond donors (Lipinski definition) is 1. The Morgan fingerprint density at radius 2 is 1.65 bits per heavy atom. The minimum absolute atomic E-state index is 0.0405. The Bertz CT molecular complexity index is 739. The Balaban J connectivity index is 1.53. The second kappa shape index (κ2) is 7.12. The van der Waals surface area contributed by atoms with Gasteiger partial charge in [0.2, 0.25) is 0 Å². The molecule has 0 saturated carbocycles. The molecule has 3 aliphatic heterocycles. The lowest BCUT2D eigenvalue weighted by Crippen LogP contribution is -2.62. The van der Waals surface area contributed by atoms with E-state index in [1.807, 2.05) is 60.7 Å². The van der Waals surface area contributed by atoms with E-state index < -0.39 is 6.04 Å². The van der Waals surface area contributed by atoms with Crippen molar-refractivity contribution in [1.82, 2.24) is 0 Å². The smallest absolute Gasteiger partial charge is 0.333 e. The third-order valence-corrected chi connectivity index (χ3v) is 5.95. The zero-order chi connectivity index (χ0) is 18.0. The van der Waals surface area contributed by atoms with Crippen molar-refractivity contribution in [3.63, 3.8) is 0 Å². The topological polar surface area (TPSA) is 38.3 Å². The molecule has 3 fully saturated rings. The summed E-state index contributed by atoms with van der Waals surface area (Å²) in [4.78, 5) is 13.1. The maximum Gasteiger partial charge on any atom is 0.333 e. The standard InChI is InChI=1S/C22H27N2O2/c1-24-14-12-17(13-15-24)20(16-24)26-22(25)21(18-8-4-2-5-9-18)23-19-10-6-3-7-11-19/h2-11,17,20-21,23H,12-16H2,1H3/q+1/t17?,20-,21-,24?/m0/s1. The van der Waals surface area contributed by atoms with Gasteiger partial charge in [0, 0.05) is 24.4 Å². The molecule has 3 saturated heterocycles. The summed E-state index contributed by atoms with van der Waals surface area (Å²) < 4.78 is 7.10. The molecule has 3 aliphatic rings. The number of quaternary nitrogens is 1. The average Bonchev–Trinajstić information content (AvgIpc) is 2.67. The summed E-state index contributed by atoms with van der Waals surface area (Å²) in [5.74, 6) is 0.345. The Labute approximate surface area is 155 Å². The van der Waals surface area contributed by atoms with Crippen molar-refractivity contribution in [3.05, 3.63) is 66.2 Å². The van der Waals surface area contributed by atoms with Gasteiger partial charge in [0.15, 0.2) is 12.1 Å². The first-order chi connectivity index (χ1) is 12.6. The number of nitrogens with one attached hydrogen (secondary N) is 1. The molecule has 136 valence electrons. The molecular formula is C22H27N2O2+. The number of piperidine rings is 3. The number of para-hydroxylation sites is 1. The van der Waals surface area contributed by atoms with Crippen LogP contribution < -0.4 is 5.32 Å². The Morgan fingerprint density at radius 3 is 2.27 bits per heavy atom. The van der Waals surface area contributed by atoms with Gasteiger partial charge >= 0.3 is 5.97 Å². The van der Waals surface area contributed by atoms with Crippen LogP contribution in [0.2, 0.25) is 0 Å². The third-order valence-electron chi connectivity index (χ3n) is 5.95. The van der Waals surface area contributed by atoms with Crippen LogP contribution in [-0.2, 0) is 9.53 Å². The zero-order valence-corrected chi connectivity index (χ0v) is 15.3. The highest BCUT2D eigenvalue weighted by Gasteiger charge is 2.45. The van der Waals surface area contributed by atoms with Crippen LogP contribution in [0.5, 0.6) is 0 Å². The third kappa shape index (κ3) is 3.61. The molecule has 0 radical (unpaired) electrons. The molecule has 0 unspecified atom stereocenters. The normalized spacial score (nSPS) is 28.3. The summed E-state index contributed by atoms with van der Waals surface area (Å²) in [6, 6.07) is 19.2. The number of carbonyl (C=O) groups excluding carboxylic acids is 1. The molecular weight excluding hydrogens is 324 g/mol. The molecule has 2 bridgehead atoms. The van der Waals surface area contributed by atoms with Crippen LogP contribution in [0.1, 0.15) is 24.4 Å². The van der Waals surface area contributed by atoms with Gasteiger partial charge in [-0.15, -0.1) is 0 Å². The number of rotatable bonds is 5. The minimum atomic E-state index is -0.487. The van der Waals surface area contributed by atoms with Gasteiger partial charge in [-0.1, -0.05) is 48.5 Å². The van der Waals surface area contributed by atoms with Gasteiger partial charge < -0.3 is 14.5 Å². The number of likely N-dealkylation sites (N-methyl/N-ethyl adjacent to an activating group) is 1. The van der Waals surface area contributed by atoms with Crippen LogP contribution >= 0.6 is 0 Å². The van der Waals surface area contributed by atoms with Gasteiger partial charge in [-0.2, -0.15) is 0 Å². The summed E-state index contributed by atoms with van der Waals surface area (Å²) in [5.41, 5.74) is 1.86. The zero-order valence-electron chi connectivity index (χ0n) is 15.3. The van der Waals surface area contributed by atoms with E-state index in [2.05, 4.69) is 12.4 Å². The van der Waals surface area contributed by atoms with Crippen molar-refractivity contribution in [1.29, 1.82) is 0 Å². The number of benzene rings is 2. The van der Waals surface area contributed by atoms with Gasteiger partial charge in [0.1, 0.15) is 6.54 Å². The predicted octanol–water partition coefficient (Wildman–Crippen LogP) is 3.62. The van der Waals surface area contributed by atoms with E-state index in [1.54, 1.807) is 0 Å². The van der Waals surface area contributed by atoms with Crippen molar-refractivity contribution in [2.45, 2.75) is 25.0 Å². The second-order valence-electron chi connectivity index (χ2n) is 7.92. The number of nitrogens with zero attached hydrogens (tertiary/aromatic N) is 1. The van der Waals surface area contributed by atoms with Crippen LogP contribution in [0.25, 0.3) is 0 Å². The number of ether oxygens (including phenoxy) is 1. The van der Waals surface area contributed by atoms with Crippen LogP contribution in [0.15, 0.2) is 60.7 Å². The summed E-state index contributed by atoms with van der Waals surface area (Å²) in [6.45, 7) is 3.37. The molecule has 4 nitrogen and oxygen atoms in total. The highest BCUT2D eigenvalue weighted by atomic mass is 16.5. The summed E-state index contributed by atoms with van der Waals surface area (Å²) in [7, 11) is 2.28. The van der Waals surface area contributed by atoms with Crippen LogP contribution in [-0.4, -0.2) is 43.2 Å². The number of hydrogen-bond acceptors (Lipinski definition) is 3. The fraction of sp³-hybridized carbons (Fsp3) is 0.409. The summed E-state index contributed by atoms with van der Waals surface area (Å²) in [6.07, 6.45) is 2.37. The highest BCUT2D eigenvalue weighted by molar-refractivity contribution is 5.81. The lowest BCUT2D eigenvalue weighted by molar-refractivity contribution is -0.928. The first kappa shape index (κ1) is 17.1. The molecule has 2 atom stereocenters. The SMILES string of the molecule is C[N+]12CCC(CC1)[C@@H](OC(=O)[C@@H](Nc1ccccc1)c1ccccc1)C2. The average molecular weight is 351 g/mol.